The molecular formula is C12H11N7O5. The predicted molar refractivity (Wildman–Crippen MR) is 80.4 cm³/mol. The molecule has 0 aliphatic carbocycles. The Labute approximate surface area is 133 Å². The van der Waals surface area contributed by atoms with E-state index >= 15 is 0 Å². The van der Waals surface area contributed by atoms with Crippen molar-refractivity contribution in [2.75, 3.05) is 5.32 Å². The van der Waals surface area contributed by atoms with Crippen molar-refractivity contribution in [2.24, 2.45) is 0 Å². The maximum Gasteiger partial charge on any atom is 0.348 e. The van der Waals surface area contributed by atoms with Gasteiger partial charge in [-0.1, -0.05) is 5.16 Å². The molecule has 0 bridgehead atoms. The summed E-state index contributed by atoms with van der Waals surface area (Å²) in [4.78, 5) is 24.7. The highest BCUT2D eigenvalue weighted by molar-refractivity contribution is 5.83. The van der Waals surface area contributed by atoms with E-state index in [4.69, 9.17) is 0 Å². The molecule has 0 saturated carbocycles. The largest absolute Gasteiger partial charge is 0.348 e. The quantitative estimate of drug-likeness (QED) is 0.544. The summed E-state index contributed by atoms with van der Waals surface area (Å²) < 4.78 is 6.21. The molecule has 0 spiro atoms. The van der Waals surface area contributed by atoms with Crippen molar-refractivity contribution >= 4 is 28.2 Å². The van der Waals surface area contributed by atoms with Crippen LogP contribution in [0.5, 0.6) is 0 Å². The van der Waals surface area contributed by atoms with Crippen molar-refractivity contribution in [1.29, 1.82) is 0 Å². The minimum Gasteiger partial charge on any atom is -0.348 e. The number of hydrogen-bond acceptors (Lipinski definition) is 9. The van der Waals surface area contributed by atoms with Crippen LogP contribution in [0.2, 0.25) is 0 Å². The molecule has 0 aliphatic heterocycles. The van der Waals surface area contributed by atoms with Crippen molar-refractivity contribution in [1.82, 2.24) is 19.9 Å². The number of fused-ring (bicyclic) bond motifs is 1. The molecule has 24 heavy (non-hydrogen) atoms. The summed E-state index contributed by atoms with van der Waals surface area (Å²) in [5, 5.41) is 32.4. The van der Waals surface area contributed by atoms with Gasteiger partial charge in [-0.2, -0.15) is 0 Å². The number of nitro benzene ring substituents is 2. The van der Waals surface area contributed by atoms with Crippen molar-refractivity contribution in [2.45, 2.75) is 20.5 Å². The van der Waals surface area contributed by atoms with E-state index in [1.54, 1.807) is 18.4 Å². The molecule has 3 rings (SSSR count). The summed E-state index contributed by atoms with van der Waals surface area (Å²) in [6.45, 7) is 3.57. The van der Waals surface area contributed by atoms with Gasteiger partial charge in [-0.05, 0) is 19.0 Å². The Bertz CT molecular complexity index is 960. The molecule has 0 amide bonds. The van der Waals surface area contributed by atoms with Gasteiger partial charge in [-0.25, -0.2) is 9.61 Å². The van der Waals surface area contributed by atoms with Crippen LogP contribution in [0.3, 0.4) is 0 Å². The van der Waals surface area contributed by atoms with Crippen molar-refractivity contribution < 1.29 is 14.5 Å². The lowest BCUT2D eigenvalue weighted by atomic mass is 10.2. The zero-order valence-electron chi connectivity index (χ0n) is 12.6. The number of aryl methyl sites for hydroxylation is 2. The van der Waals surface area contributed by atoms with Crippen LogP contribution in [-0.2, 0) is 6.67 Å². The molecule has 124 valence electrons. The summed E-state index contributed by atoms with van der Waals surface area (Å²) in [6.07, 6.45) is 0. The van der Waals surface area contributed by atoms with Crippen molar-refractivity contribution in [3.8, 4) is 0 Å². The van der Waals surface area contributed by atoms with E-state index in [-0.39, 0.29) is 6.67 Å². The number of nitro groups is 2. The normalized spacial score (nSPS) is 10.9. The Morgan fingerprint density at radius 2 is 1.83 bits per heavy atom. The molecule has 2 aromatic heterocycles. The summed E-state index contributed by atoms with van der Waals surface area (Å²) in [6, 6.07) is 2.24. The SMILES string of the molecule is Cc1nonc1NCn1c(C)nc2cc([N+](=O)[O-])c([N+](=O)[O-])cc21. The average Bonchev–Trinajstić information content (AvgIpc) is 3.06. The molecule has 3 aromatic rings. The van der Waals surface area contributed by atoms with Crippen LogP contribution in [0, 0.1) is 34.1 Å². The third-order valence-electron chi connectivity index (χ3n) is 3.49. The fourth-order valence-corrected chi connectivity index (χ4v) is 2.31. The van der Waals surface area contributed by atoms with Crippen molar-refractivity contribution in [3.05, 3.63) is 43.9 Å². The zero-order chi connectivity index (χ0) is 17.4. The van der Waals surface area contributed by atoms with E-state index in [0.29, 0.717) is 28.4 Å². The second kappa shape index (κ2) is 5.57. The van der Waals surface area contributed by atoms with Crippen LogP contribution >= 0.6 is 0 Å². The molecule has 1 N–H and O–H groups in total. The molecule has 2 heterocycles. The van der Waals surface area contributed by atoms with Gasteiger partial charge in [0.15, 0.2) is 5.82 Å². The number of nitrogens with one attached hydrogen (secondary N) is 1. The predicted octanol–water partition coefficient (Wildman–Crippen LogP) is 1.92. The first kappa shape index (κ1) is 15.3. The number of aromatic nitrogens is 4. The fraction of sp³-hybridized carbons (Fsp3) is 0.250. The summed E-state index contributed by atoms with van der Waals surface area (Å²) >= 11 is 0. The van der Waals surface area contributed by atoms with Gasteiger partial charge in [-0.15, -0.1) is 0 Å². The van der Waals surface area contributed by atoms with Gasteiger partial charge in [0, 0.05) is 6.07 Å². The second-order valence-electron chi connectivity index (χ2n) is 4.96. The maximum atomic E-state index is 11.1. The highest BCUT2D eigenvalue weighted by Gasteiger charge is 2.27. The molecule has 0 atom stereocenters. The van der Waals surface area contributed by atoms with E-state index in [0.717, 1.165) is 12.1 Å². The van der Waals surface area contributed by atoms with Gasteiger partial charge >= 0.3 is 11.4 Å². The lowest BCUT2D eigenvalue weighted by Gasteiger charge is -2.07. The van der Waals surface area contributed by atoms with E-state index in [9.17, 15) is 20.2 Å². The number of rotatable bonds is 5. The minimum absolute atomic E-state index is 0.187. The zero-order valence-corrected chi connectivity index (χ0v) is 12.6. The molecule has 12 nitrogen and oxygen atoms in total. The van der Waals surface area contributed by atoms with Crippen LogP contribution in [-0.4, -0.2) is 29.7 Å². The fourth-order valence-electron chi connectivity index (χ4n) is 2.31. The first-order chi connectivity index (χ1) is 11.4. The monoisotopic (exact) mass is 333 g/mol. The van der Waals surface area contributed by atoms with Gasteiger partial charge < -0.3 is 9.88 Å². The van der Waals surface area contributed by atoms with Gasteiger partial charge in [0.1, 0.15) is 11.5 Å². The third kappa shape index (κ3) is 2.49. The van der Waals surface area contributed by atoms with Gasteiger partial charge in [0.25, 0.3) is 0 Å². The molecule has 0 radical (unpaired) electrons. The molecule has 0 saturated heterocycles. The standard InChI is InChI=1S/C12H11N7O5/c1-6-12(16-24-15-6)13-5-17-7(2)14-8-3-10(18(20)21)11(19(22)23)4-9(8)17/h3-4H,5H2,1-2H3,(H,13,16). The van der Waals surface area contributed by atoms with Crippen LogP contribution in [0.15, 0.2) is 16.8 Å². The smallest absolute Gasteiger partial charge is 0.348 e. The Kier molecular flexibility index (Phi) is 3.56. The molecule has 12 heteroatoms. The Morgan fingerprint density at radius 3 is 2.42 bits per heavy atom. The number of imidazole rings is 1. The van der Waals surface area contributed by atoms with E-state index < -0.39 is 21.2 Å². The topological polar surface area (TPSA) is 155 Å². The van der Waals surface area contributed by atoms with Gasteiger partial charge in [-0.3, -0.25) is 20.2 Å². The molecular weight excluding hydrogens is 322 g/mol. The lowest BCUT2D eigenvalue weighted by Crippen LogP contribution is -2.10. The van der Waals surface area contributed by atoms with Gasteiger partial charge in [0.2, 0.25) is 0 Å². The van der Waals surface area contributed by atoms with Crippen LogP contribution in [0.1, 0.15) is 11.5 Å². The minimum atomic E-state index is -0.797. The van der Waals surface area contributed by atoms with Gasteiger partial charge in [0.05, 0.1) is 33.6 Å². The second-order valence-corrected chi connectivity index (χ2v) is 4.96. The molecule has 0 fully saturated rings. The van der Waals surface area contributed by atoms with E-state index in [1.165, 1.54) is 0 Å². The molecule has 1 aromatic carbocycles. The number of nitrogens with zero attached hydrogens (tertiary/aromatic N) is 6. The Morgan fingerprint density at radius 1 is 1.17 bits per heavy atom. The summed E-state index contributed by atoms with van der Waals surface area (Å²) in [5.41, 5.74) is 0.0567. The first-order valence-electron chi connectivity index (χ1n) is 6.71. The molecule has 0 unspecified atom stereocenters. The van der Waals surface area contributed by atoms with E-state index in [1.807, 2.05) is 0 Å². The Hall–Kier alpha value is -3.57. The summed E-state index contributed by atoms with van der Waals surface area (Å²) in [7, 11) is 0. The van der Waals surface area contributed by atoms with E-state index in [2.05, 4.69) is 25.2 Å². The highest BCUT2D eigenvalue weighted by atomic mass is 16.6. The van der Waals surface area contributed by atoms with Crippen LogP contribution in [0.25, 0.3) is 11.0 Å². The number of hydrogen-bond donors (Lipinski definition) is 1. The Balaban J connectivity index is 2.06. The van der Waals surface area contributed by atoms with Crippen LogP contribution < -0.4 is 5.32 Å². The lowest BCUT2D eigenvalue weighted by molar-refractivity contribution is -0.422. The third-order valence-corrected chi connectivity index (χ3v) is 3.49. The summed E-state index contributed by atoms with van der Waals surface area (Å²) in [5.74, 6) is 0.953. The molecule has 0 aliphatic rings. The maximum absolute atomic E-state index is 11.1. The first-order valence-corrected chi connectivity index (χ1v) is 6.71. The number of benzene rings is 1. The highest BCUT2D eigenvalue weighted by Crippen LogP contribution is 2.32. The van der Waals surface area contributed by atoms with Crippen molar-refractivity contribution in [3.63, 3.8) is 0 Å². The average molecular weight is 333 g/mol. The van der Waals surface area contributed by atoms with Crippen LogP contribution in [0.4, 0.5) is 17.2 Å². The number of anilines is 1.